The van der Waals surface area contributed by atoms with Crippen LogP contribution >= 0.6 is 15.1 Å². The van der Waals surface area contributed by atoms with Gasteiger partial charge < -0.3 is 0 Å². The van der Waals surface area contributed by atoms with Gasteiger partial charge in [0, 0.05) is 0 Å². The van der Waals surface area contributed by atoms with Gasteiger partial charge in [-0.05, 0) is 0 Å². The Morgan fingerprint density at radius 3 is 2.00 bits per heavy atom. The van der Waals surface area contributed by atoms with Crippen molar-refractivity contribution >= 4 is 46.4 Å². The fourth-order valence-electron chi connectivity index (χ4n) is 1.18. The standard InChI is InChI=1S/C10H16AsO4PS2/c1-12-9-5-7-10(8-6-9)16(17,15-4)18-11(13-2)14-3/h5-8H,1-4H3. The van der Waals surface area contributed by atoms with Crippen LogP contribution in [0.1, 0.15) is 0 Å². The topological polar surface area (TPSA) is 36.9 Å². The SMILES string of the molecule is COc1ccc(P(=S)(OC)S[As](OC)OC)cc1. The monoisotopic (exact) mass is 370 g/mol. The Hall–Kier alpha value is 0.458. The molecule has 1 rings (SSSR count). The van der Waals surface area contributed by atoms with Crippen molar-refractivity contribution in [2.24, 2.45) is 0 Å². The summed E-state index contributed by atoms with van der Waals surface area (Å²) in [4.78, 5) is 0. The fourth-order valence-corrected chi connectivity index (χ4v) is 16.2. The van der Waals surface area contributed by atoms with Crippen LogP contribution in [0.5, 0.6) is 5.75 Å². The molecule has 1 atom stereocenters. The number of rotatable bonds is 7. The van der Waals surface area contributed by atoms with Crippen molar-refractivity contribution in [2.75, 3.05) is 28.4 Å². The van der Waals surface area contributed by atoms with Crippen molar-refractivity contribution in [1.29, 1.82) is 0 Å². The predicted molar refractivity (Wildman–Crippen MR) is 81.3 cm³/mol. The van der Waals surface area contributed by atoms with Crippen LogP contribution in [-0.2, 0) is 23.8 Å². The summed E-state index contributed by atoms with van der Waals surface area (Å²) in [6.45, 7) is 0. The molecule has 0 saturated carbocycles. The third-order valence-electron chi connectivity index (χ3n) is 2.10. The van der Waals surface area contributed by atoms with E-state index in [0.717, 1.165) is 11.1 Å². The van der Waals surface area contributed by atoms with E-state index in [0.29, 0.717) is 0 Å². The van der Waals surface area contributed by atoms with E-state index in [9.17, 15) is 0 Å². The van der Waals surface area contributed by atoms with E-state index >= 15 is 0 Å². The summed E-state index contributed by atoms with van der Waals surface area (Å²) in [5, 5.41) is 0.985. The average molecular weight is 370 g/mol. The first kappa shape index (κ1) is 16.5. The molecule has 1 unspecified atom stereocenters. The molecular weight excluding hydrogens is 354 g/mol. The zero-order valence-corrected chi connectivity index (χ0v) is 15.1. The summed E-state index contributed by atoms with van der Waals surface area (Å²) in [6, 6.07) is 7.64. The second kappa shape index (κ2) is 7.91. The van der Waals surface area contributed by atoms with Gasteiger partial charge in [-0.1, -0.05) is 0 Å². The van der Waals surface area contributed by atoms with E-state index in [1.807, 2.05) is 24.3 Å². The molecule has 0 aromatic heterocycles. The Bertz CT molecular complexity index is 411. The molecule has 18 heavy (non-hydrogen) atoms. The van der Waals surface area contributed by atoms with Gasteiger partial charge in [0.15, 0.2) is 0 Å². The van der Waals surface area contributed by atoms with Crippen LogP contribution in [0.25, 0.3) is 0 Å². The molecule has 4 nitrogen and oxygen atoms in total. The number of hydrogen-bond donors (Lipinski definition) is 0. The molecule has 0 heterocycles. The minimum absolute atomic E-state index is 0.800. The predicted octanol–water partition coefficient (Wildman–Crippen LogP) is 2.29. The van der Waals surface area contributed by atoms with Gasteiger partial charge in [-0.3, -0.25) is 0 Å². The van der Waals surface area contributed by atoms with Gasteiger partial charge in [-0.25, -0.2) is 0 Å². The summed E-state index contributed by atoms with van der Waals surface area (Å²) in [6.07, 6.45) is 0. The quantitative estimate of drug-likeness (QED) is 0.542. The van der Waals surface area contributed by atoms with E-state index in [2.05, 4.69) is 0 Å². The maximum atomic E-state index is 5.65. The molecule has 0 radical (unpaired) electrons. The number of ether oxygens (including phenoxy) is 1. The van der Waals surface area contributed by atoms with Crippen LogP contribution < -0.4 is 10.0 Å². The Morgan fingerprint density at radius 1 is 1.06 bits per heavy atom. The first-order valence-corrected chi connectivity index (χ1v) is 12.9. The molecule has 102 valence electrons. The van der Waals surface area contributed by atoms with Crippen molar-refractivity contribution in [1.82, 2.24) is 0 Å². The van der Waals surface area contributed by atoms with Crippen molar-refractivity contribution in [2.45, 2.75) is 0 Å². The molecule has 0 aliphatic heterocycles. The Kier molecular flexibility index (Phi) is 7.25. The number of benzene rings is 1. The molecule has 0 fully saturated rings. The summed E-state index contributed by atoms with van der Waals surface area (Å²) < 4.78 is 21.3. The van der Waals surface area contributed by atoms with Gasteiger partial charge in [0.05, 0.1) is 0 Å². The van der Waals surface area contributed by atoms with Gasteiger partial charge in [0.25, 0.3) is 0 Å². The number of hydrogen-bond acceptors (Lipinski definition) is 6. The van der Waals surface area contributed by atoms with E-state index < -0.39 is 19.6 Å². The van der Waals surface area contributed by atoms with Crippen LogP contribution in [0.2, 0.25) is 0 Å². The molecule has 0 bridgehead atoms. The Balaban J connectivity index is 2.95. The summed E-state index contributed by atoms with van der Waals surface area (Å²) >= 11 is 3.76. The Morgan fingerprint density at radius 2 is 1.61 bits per heavy atom. The van der Waals surface area contributed by atoms with Gasteiger partial charge >= 0.3 is 122 Å². The molecule has 0 aliphatic carbocycles. The van der Waals surface area contributed by atoms with Crippen LogP contribution in [-0.4, -0.2) is 42.6 Å². The van der Waals surface area contributed by atoms with Crippen molar-refractivity contribution < 1.29 is 16.7 Å². The molecule has 0 saturated heterocycles. The van der Waals surface area contributed by atoms with Crippen molar-refractivity contribution in [3.8, 4) is 5.75 Å². The zero-order valence-electron chi connectivity index (χ0n) is 10.7. The zero-order chi connectivity index (χ0) is 13.6. The van der Waals surface area contributed by atoms with Gasteiger partial charge in [0.2, 0.25) is 0 Å². The van der Waals surface area contributed by atoms with E-state index in [1.54, 1.807) is 28.4 Å². The van der Waals surface area contributed by atoms with E-state index in [4.69, 9.17) is 28.5 Å². The summed E-state index contributed by atoms with van der Waals surface area (Å²) in [5.74, 6) is 0.800. The normalized spacial score (nSPS) is 14.5. The summed E-state index contributed by atoms with van der Waals surface area (Å²) in [7, 11) is 8.07. The first-order chi connectivity index (χ1) is 8.59. The van der Waals surface area contributed by atoms with Crippen LogP contribution in [0.4, 0.5) is 0 Å². The molecule has 1 aromatic carbocycles. The molecule has 0 N–H and O–H groups in total. The summed E-state index contributed by atoms with van der Waals surface area (Å²) in [5.41, 5.74) is -2.16. The van der Waals surface area contributed by atoms with Crippen molar-refractivity contribution in [3.05, 3.63) is 24.3 Å². The molecule has 8 heteroatoms. The second-order valence-corrected chi connectivity index (χ2v) is 16.5. The van der Waals surface area contributed by atoms with Crippen LogP contribution in [0, 0.1) is 0 Å². The van der Waals surface area contributed by atoms with E-state index in [1.165, 1.54) is 9.64 Å². The fraction of sp³-hybridized carbons (Fsp3) is 0.400. The molecule has 0 amide bonds. The molecule has 0 aliphatic rings. The second-order valence-electron chi connectivity index (χ2n) is 3.05. The Labute approximate surface area is 121 Å². The minimum atomic E-state index is -2.16. The number of methoxy groups -OCH3 is 1. The third-order valence-corrected chi connectivity index (χ3v) is 19.6. The average Bonchev–Trinajstić information content (AvgIpc) is 2.44. The maximum absolute atomic E-state index is 5.65. The first-order valence-electron chi connectivity index (χ1n) is 4.98. The van der Waals surface area contributed by atoms with Crippen LogP contribution in [0.3, 0.4) is 0 Å². The molecular formula is C10H16AsO4PS2. The van der Waals surface area contributed by atoms with Gasteiger partial charge in [0.1, 0.15) is 0 Å². The van der Waals surface area contributed by atoms with Gasteiger partial charge in [-0.15, -0.1) is 0 Å². The third kappa shape index (κ3) is 4.24. The molecule has 0 spiro atoms. The van der Waals surface area contributed by atoms with Gasteiger partial charge in [-0.2, -0.15) is 0 Å². The molecule has 1 aromatic rings. The van der Waals surface area contributed by atoms with Crippen molar-refractivity contribution in [3.63, 3.8) is 0 Å². The van der Waals surface area contributed by atoms with E-state index in [-0.39, 0.29) is 0 Å². The van der Waals surface area contributed by atoms with Crippen LogP contribution in [0.15, 0.2) is 24.3 Å².